The third-order valence-electron chi connectivity index (χ3n) is 3.77. The molecule has 1 aromatic carbocycles. The summed E-state index contributed by atoms with van der Waals surface area (Å²) in [7, 11) is 1.63. The monoisotopic (exact) mass is 323 g/mol. The molecule has 7 heteroatoms. The van der Waals surface area contributed by atoms with E-state index < -0.39 is 0 Å². The third kappa shape index (κ3) is 3.24. The van der Waals surface area contributed by atoms with Crippen LogP contribution in [0, 0.1) is 6.92 Å². The smallest absolute Gasteiger partial charge is 0.256 e. The fourth-order valence-electron chi connectivity index (χ4n) is 2.38. The van der Waals surface area contributed by atoms with Gasteiger partial charge in [0.15, 0.2) is 0 Å². The first-order valence-electron chi connectivity index (χ1n) is 7.44. The average molecular weight is 323 g/mol. The lowest BCUT2D eigenvalue weighted by atomic mass is 10.1. The molecular formula is C17H17N5O2. The van der Waals surface area contributed by atoms with Crippen molar-refractivity contribution in [2.24, 2.45) is 7.05 Å². The van der Waals surface area contributed by atoms with Crippen molar-refractivity contribution >= 4 is 11.6 Å². The molecule has 3 aromatic rings. The first-order valence-corrected chi connectivity index (χ1v) is 7.44. The summed E-state index contributed by atoms with van der Waals surface area (Å²) in [5, 5.41) is 2.81. The molecule has 0 spiro atoms. The molecule has 0 fully saturated rings. The predicted molar refractivity (Wildman–Crippen MR) is 90.6 cm³/mol. The van der Waals surface area contributed by atoms with Crippen LogP contribution in [0.25, 0.3) is 11.3 Å². The maximum atomic E-state index is 12.2. The number of imidazole rings is 1. The summed E-state index contributed by atoms with van der Waals surface area (Å²) < 4.78 is 1.39. The molecular weight excluding hydrogens is 306 g/mol. The summed E-state index contributed by atoms with van der Waals surface area (Å²) in [6.07, 6.45) is 4.84. The summed E-state index contributed by atoms with van der Waals surface area (Å²) >= 11 is 0. The summed E-state index contributed by atoms with van der Waals surface area (Å²) in [6, 6.07) is 7.42. The van der Waals surface area contributed by atoms with E-state index in [0.717, 1.165) is 11.3 Å². The van der Waals surface area contributed by atoms with Gasteiger partial charge in [0.25, 0.3) is 5.56 Å². The van der Waals surface area contributed by atoms with E-state index >= 15 is 0 Å². The SMILES string of the molecule is Cc1c(CC(=O)Nc2ccc(-c3cnc[nH]3)cc2)ncn(C)c1=O. The van der Waals surface area contributed by atoms with Crippen LogP contribution in [-0.2, 0) is 18.3 Å². The van der Waals surface area contributed by atoms with Gasteiger partial charge in [-0.3, -0.25) is 9.59 Å². The molecule has 0 bridgehead atoms. The summed E-state index contributed by atoms with van der Waals surface area (Å²) in [4.78, 5) is 35.2. The van der Waals surface area contributed by atoms with Crippen molar-refractivity contribution in [2.45, 2.75) is 13.3 Å². The van der Waals surface area contributed by atoms with Gasteiger partial charge in [0.2, 0.25) is 5.91 Å². The molecule has 0 aliphatic rings. The maximum absolute atomic E-state index is 12.2. The number of aromatic nitrogens is 4. The van der Waals surface area contributed by atoms with Gasteiger partial charge in [0, 0.05) is 18.3 Å². The minimum absolute atomic E-state index is 0.0597. The van der Waals surface area contributed by atoms with Crippen molar-refractivity contribution in [3.8, 4) is 11.3 Å². The highest BCUT2D eigenvalue weighted by Gasteiger charge is 2.11. The van der Waals surface area contributed by atoms with E-state index in [2.05, 4.69) is 20.3 Å². The van der Waals surface area contributed by atoms with Gasteiger partial charge < -0.3 is 14.9 Å². The van der Waals surface area contributed by atoms with Gasteiger partial charge in [-0.25, -0.2) is 9.97 Å². The van der Waals surface area contributed by atoms with Crippen LogP contribution in [0.1, 0.15) is 11.3 Å². The average Bonchev–Trinajstić information content (AvgIpc) is 3.11. The molecule has 0 atom stereocenters. The summed E-state index contributed by atoms with van der Waals surface area (Å²) in [5.41, 5.74) is 3.42. The normalized spacial score (nSPS) is 10.6. The number of amides is 1. The molecule has 2 heterocycles. The Labute approximate surface area is 138 Å². The van der Waals surface area contributed by atoms with E-state index in [0.29, 0.717) is 16.9 Å². The number of nitrogens with one attached hydrogen (secondary N) is 2. The second kappa shape index (κ2) is 6.49. The Morgan fingerprint density at radius 1 is 1.29 bits per heavy atom. The highest BCUT2D eigenvalue weighted by Crippen LogP contribution is 2.18. The lowest BCUT2D eigenvalue weighted by Crippen LogP contribution is -2.24. The summed E-state index contributed by atoms with van der Waals surface area (Å²) in [6.45, 7) is 1.68. The second-order valence-electron chi connectivity index (χ2n) is 5.50. The number of benzene rings is 1. The van der Waals surface area contributed by atoms with Crippen molar-refractivity contribution in [3.63, 3.8) is 0 Å². The van der Waals surface area contributed by atoms with Crippen LogP contribution in [0.2, 0.25) is 0 Å². The zero-order valence-electron chi connectivity index (χ0n) is 13.4. The molecule has 0 unspecified atom stereocenters. The number of carbonyl (C=O) groups excluding carboxylic acids is 1. The van der Waals surface area contributed by atoms with Crippen LogP contribution in [0.3, 0.4) is 0 Å². The summed E-state index contributed by atoms with van der Waals surface area (Å²) in [5.74, 6) is -0.215. The Morgan fingerprint density at radius 3 is 2.71 bits per heavy atom. The van der Waals surface area contributed by atoms with Gasteiger partial charge in [-0.1, -0.05) is 12.1 Å². The molecule has 0 aliphatic carbocycles. The fourth-order valence-corrected chi connectivity index (χ4v) is 2.38. The molecule has 1 amide bonds. The quantitative estimate of drug-likeness (QED) is 0.763. The molecule has 0 saturated carbocycles. The number of H-pyrrole nitrogens is 1. The topological polar surface area (TPSA) is 92.7 Å². The standard InChI is InChI=1S/C17H17N5O2/c1-11-14(20-10-22(2)17(11)24)7-16(23)21-13-5-3-12(4-6-13)15-8-18-9-19-15/h3-6,8-10H,7H2,1-2H3,(H,18,19)(H,21,23). The number of aromatic amines is 1. The van der Waals surface area contributed by atoms with Crippen LogP contribution < -0.4 is 10.9 Å². The number of hydrogen-bond acceptors (Lipinski definition) is 4. The number of nitrogens with zero attached hydrogens (tertiary/aromatic N) is 3. The van der Waals surface area contributed by atoms with E-state index in [4.69, 9.17) is 0 Å². The Bertz CT molecular complexity index is 911. The highest BCUT2D eigenvalue weighted by molar-refractivity contribution is 5.92. The Balaban J connectivity index is 1.69. The van der Waals surface area contributed by atoms with Gasteiger partial charge in [-0.2, -0.15) is 0 Å². The van der Waals surface area contributed by atoms with E-state index in [1.807, 2.05) is 24.3 Å². The molecule has 7 nitrogen and oxygen atoms in total. The molecule has 0 aliphatic heterocycles. The molecule has 2 aromatic heterocycles. The molecule has 24 heavy (non-hydrogen) atoms. The first kappa shape index (κ1) is 15.7. The lowest BCUT2D eigenvalue weighted by Gasteiger charge is -2.08. The zero-order valence-corrected chi connectivity index (χ0v) is 13.4. The minimum atomic E-state index is -0.215. The van der Waals surface area contributed by atoms with Crippen molar-refractivity contribution < 1.29 is 4.79 Å². The maximum Gasteiger partial charge on any atom is 0.256 e. The van der Waals surface area contributed by atoms with Crippen LogP contribution in [0.15, 0.2) is 47.9 Å². The molecule has 0 radical (unpaired) electrons. The number of rotatable bonds is 4. The molecule has 0 saturated heterocycles. The van der Waals surface area contributed by atoms with Crippen LogP contribution >= 0.6 is 0 Å². The van der Waals surface area contributed by atoms with Gasteiger partial charge in [0.05, 0.1) is 36.7 Å². The van der Waals surface area contributed by atoms with Crippen molar-refractivity contribution in [1.29, 1.82) is 0 Å². The fraction of sp³-hybridized carbons (Fsp3) is 0.176. The van der Waals surface area contributed by atoms with E-state index in [9.17, 15) is 9.59 Å². The van der Waals surface area contributed by atoms with Crippen LogP contribution in [0.5, 0.6) is 0 Å². The number of aryl methyl sites for hydroxylation is 1. The van der Waals surface area contributed by atoms with Gasteiger partial charge >= 0.3 is 0 Å². The number of anilines is 1. The van der Waals surface area contributed by atoms with Gasteiger partial charge in [-0.05, 0) is 24.6 Å². The van der Waals surface area contributed by atoms with E-state index in [-0.39, 0.29) is 17.9 Å². The molecule has 3 rings (SSSR count). The number of hydrogen-bond donors (Lipinski definition) is 2. The molecule has 122 valence electrons. The largest absolute Gasteiger partial charge is 0.345 e. The third-order valence-corrected chi connectivity index (χ3v) is 3.77. The van der Waals surface area contributed by atoms with Crippen LogP contribution in [0.4, 0.5) is 5.69 Å². The van der Waals surface area contributed by atoms with Crippen molar-refractivity contribution in [1.82, 2.24) is 19.5 Å². The highest BCUT2D eigenvalue weighted by atomic mass is 16.1. The minimum Gasteiger partial charge on any atom is -0.345 e. The lowest BCUT2D eigenvalue weighted by molar-refractivity contribution is -0.115. The van der Waals surface area contributed by atoms with Crippen molar-refractivity contribution in [3.05, 3.63) is 64.7 Å². The Kier molecular flexibility index (Phi) is 4.24. The second-order valence-corrected chi connectivity index (χ2v) is 5.50. The van der Waals surface area contributed by atoms with E-state index in [1.165, 1.54) is 10.9 Å². The van der Waals surface area contributed by atoms with E-state index in [1.54, 1.807) is 26.5 Å². The van der Waals surface area contributed by atoms with Crippen molar-refractivity contribution in [2.75, 3.05) is 5.32 Å². The predicted octanol–water partition coefficient (Wildman–Crippen LogP) is 1.66. The van der Waals surface area contributed by atoms with Gasteiger partial charge in [-0.15, -0.1) is 0 Å². The molecule has 2 N–H and O–H groups in total. The Hall–Kier alpha value is -3.22. The number of carbonyl (C=O) groups is 1. The Morgan fingerprint density at radius 2 is 2.04 bits per heavy atom. The zero-order chi connectivity index (χ0) is 17.1. The first-order chi connectivity index (χ1) is 11.5. The van der Waals surface area contributed by atoms with Crippen LogP contribution in [-0.4, -0.2) is 25.4 Å². The van der Waals surface area contributed by atoms with Gasteiger partial charge in [0.1, 0.15) is 0 Å².